The zero-order chi connectivity index (χ0) is 12.6. The number of amides is 1. The third-order valence-electron chi connectivity index (χ3n) is 3.54. The molecule has 5 nitrogen and oxygen atoms in total. The van der Waals surface area contributed by atoms with E-state index in [9.17, 15) is 4.79 Å². The van der Waals surface area contributed by atoms with Gasteiger partial charge in [0, 0.05) is 32.8 Å². The van der Waals surface area contributed by atoms with Crippen molar-refractivity contribution in [3.8, 4) is 0 Å². The second kappa shape index (κ2) is 7.71. The van der Waals surface area contributed by atoms with Crippen molar-refractivity contribution in [3.63, 3.8) is 0 Å². The molecule has 2 fully saturated rings. The van der Waals surface area contributed by atoms with Crippen LogP contribution in [0.5, 0.6) is 0 Å². The summed E-state index contributed by atoms with van der Waals surface area (Å²) in [5, 5.41) is 2.98. The Kier molecular flexibility index (Phi) is 5.90. The summed E-state index contributed by atoms with van der Waals surface area (Å²) < 4.78 is 10.8. The molecular weight excluding hydrogens is 232 g/mol. The second-order valence-electron chi connectivity index (χ2n) is 5.00. The van der Waals surface area contributed by atoms with Crippen molar-refractivity contribution in [3.05, 3.63) is 0 Å². The average molecular weight is 256 g/mol. The molecule has 0 radical (unpaired) electrons. The van der Waals surface area contributed by atoms with Crippen LogP contribution < -0.4 is 5.32 Å². The van der Waals surface area contributed by atoms with Gasteiger partial charge in [0.1, 0.15) is 0 Å². The van der Waals surface area contributed by atoms with Gasteiger partial charge in [-0.05, 0) is 19.3 Å². The number of morpholine rings is 1. The molecule has 1 unspecified atom stereocenters. The van der Waals surface area contributed by atoms with E-state index in [-0.39, 0.29) is 12.0 Å². The Balaban J connectivity index is 1.53. The van der Waals surface area contributed by atoms with Crippen LogP contribution in [0.15, 0.2) is 0 Å². The third-order valence-corrected chi connectivity index (χ3v) is 3.54. The molecule has 1 amide bonds. The lowest BCUT2D eigenvalue weighted by Crippen LogP contribution is -2.41. The van der Waals surface area contributed by atoms with Gasteiger partial charge in [-0.25, -0.2) is 0 Å². The van der Waals surface area contributed by atoms with E-state index >= 15 is 0 Å². The number of ether oxygens (including phenoxy) is 2. The van der Waals surface area contributed by atoms with Crippen molar-refractivity contribution >= 4 is 5.91 Å². The van der Waals surface area contributed by atoms with Crippen LogP contribution in [0, 0.1) is 0 Å². The molecule has 0 spiro atoms. The summed E-state index contributed by atoms with van der Waals surface area (Å²) in [7, 11) is 0. The Morgan fingerprint density at radius 3 is 2.78 bits per heavy atom. The molecule has 2 heterocycles. The number of hydrogen-bond acceptors (Lipinski definition) is 4. The van der Waals surface area contributed by atoms with Crippen molar-refractivity contribution in [1.29, 1.82) is 0 Å². The molecule has 2 rings (SSSR count). The highest BCUT2D eigenvalue weighted by atomic mass is 16.5. The monoisotopic (exact) mass is 256 g/mol. The van der Waals surface area contributed by atoms with Crippen LogP contribution in [-0.2, 0) is 14.3 Å². The van der Waals surface area contributed by atoms with Gasteiger partial charge in [-0.3, -0.25) is 9.69 Å². The van der Waals surface area contributed by atoms with Gasteiger partial charge in [-0.1, -0.05) is 0 Å². The maximum atomic E-state index is 11.7. The molecule has 0 bridgehead atoms. The highest BCUT2D eigenvalue weighted by Gasteiger charge is 2.17. The summed E-state index contributed by atoms with van der Waals surface area (Å²) in [5.41, 5.74) is 0. The molecular formula is C13H24N2O3. The average Bonchev–Trinajstić information content (AvgIpc) is 2.41. The number of carbonyl (C=O) groups excluding carboxylic acids is 1. The molecule has 5 heteroatoms. The van der Waals surface area contributed by atoms with Crippen molar-refractivity contribution in [2.24, 2.45) is 0 Å². The van der Waals surface area contributed by atoms with E-state index in [0.717, 1.165) is 58.8 Å². The number of nitrogens with zero attached hydrogens (tertiary/aromatic N) is 1. The molecule has 2 aliphatic heterocycles. The molecule has 1 atom stereocenters. The third kappa shape index (κ3) is 4.92. The Hall–Kier alpha value is -0.650. The first kappa shape index (κ1) is 13.8. The zero-order valence-corrected chi connectivity index (χ0v) is 11.0. The first-order chi connectivity index (χ1) is 8.84. The number of rotatable bonds is 5. The standard InChI is InChI=1S/C13H24N2O3/c16-13(11-12-3-1-2-8-18-12)14-4-5-15-6-9-17-10-7-15/h12H,1-11H2,(H,14,16). The lowest BCUT2D eigenvalue weighted by molar-refractivity contribution is -0.124. The molecule has 2 saturated heterocycles. The van der Waals surface area contributed by atoms with E-state index in [1.165, 1.54) is 6.42 Å². The number of carbonyl (C=O) groups is 1. The molecule has 1 N–H and O–H groups in total. The Morgan fingerprint density at radius 2 is 2.06 bits per heavy atom. The quantitative estimate of drug-likeness (QED) is 0.773. The first-order valence-electron chi connectivity index (χ1n) is 7.03. The lowest BCUT2D eigenvalue weighted by atomic mass is 10.1. The fraction of sp³-hybridized carbons (Fsp3) is 0.923. The van der Waals surface area contributed by atoms with E-state index in [1.54, 1.807) is 0 Å². The van der Waals surface area contributed by atoms with Crippen LogP contribution in [0.1, 0.15) is 25.7 Å². The fourth-order valence-corrected chi connectivity index (χ4v) is 2.43. The van der Waals surface area contributed by atoms with Crippen LogP contribution in [0.4, 0.5) is 0 Å². The fourth-order valence-electron chi connectivity index (χ4n) is 2.43. The number of nitrogens with one attached hydrogen (secondary N) is 1. The van der Waals surface area contributed by atoms with Crippen molar-refractivity contribution in [1.82, 2.24) is 10.2 Å². The van der Waals surface area contributed by atoms with E-state index in [4.69, 9.17) is 9.47 Å². The van der Waals surface area contributed by atoms with Gasteiger partial charge in [0.05, 0.1) is 25.7 Å². The molecule has 0 aromatic rings. The summed E-state index contributed by atoms with van der Waals surface area (Å²) >= 11 is 0. The maximum Gasteiger partial charge on any atom is 0.222 e. The molecule has 0 aromatic heterocycles. The van der Waals surface area contributed by atoms with Gasteiger partial charge in [0.25, 0.3) is 0 Å². The smallest absolute Gasteiger partial charge is 0.222 e. The summed E-state index contributed by atoms with van der Waals surface area (Å²) in [6.07, 6.45) is 4.00. The zero-order valence-electron chi connectivity index (χ0n) is 11.0. The molecule has 104 valence electrons. The summed E-state index contributed by atoms with van der Waals surface area (Å²) in [5.74, 6) is 0.121. The van der Waals surface area contributed by atoms with Gasteiger partial charge in [0.15, 0.2) is 0 Å². The second-order valence-corrected chi connectivity index (χ2v) is 5.00. The molecule has 0 aromatic carbocycles. The molecule has 0 aliphatic carbocycles. The minimum atomic E-state index is 0.121. The normalized spacial score (nSPS) is 25.9. The van der Waals surface area contributed by atoms with E-state index in [1.807, 2.05) is 0 Å². The van der Waals surface area contributed by atoms with E-state index < -0.39 is 0 Å². The largest absolute Gasteiger partial charge is 0.379 e. The molecule has 18 heavy (non-hydrogen) atoms. The maximum absolute atomic E-state index is 11.7. The molecule has 2 aliphatic rings. The van der Waals surface area contributed by atoms with Crippen LogP contribution in [0.2, 0.25) is 0 Å². The van der Waals surface area contributed by atoms with Crippen molar-refractivity contribution < 1.29 is 14.3 Å². The van der Waals surface area contributed by atoms with Gasteiger partial charge < -0.3 is 14.8 Å². The highest BCUT2D eigenvalue weighted by Crippen LogP contribution is 2.15. The van der Waals surface area contributed by atoms with Crippen LogP contribution in [0.25, 0.3) is 0 Å². The van der Waals surface area contributed by atoms with Gasteiger partial charge >= 0.3 is 0 Å². The van der Waals surface area contributed by atoms with Crippen LogP contribution in [-0.4, -0.2) is 62.9 Å². The lowest BCUT2D eigenvalue weighted by Gasteiger charge is -2.26. The minimum Gasteiger partial charge on any atom is -0.379 e. The van der Waals surface area contributed by atoms with Crippen LogP contribution >= 0.6 is 0 Å². The summed E-state index contributed by atoms with van der Waals surface area (Å²) in [4.78, 5) is 14.0. The predicted molar refractivity (Wildman–Crippen MR) is 68.5 cm³/mol. The van der Waals surface area contributed by atoms with Gasteiger partial charge in [-0.2, -0.15) is 0 Å². The Bertz CT molecular complexity index is 249. The van der Waals surface area contributed by atoms with Crippen molar-refractivity contribution in [2.45, 2.75) is 31.8 Å². The highest BCUT2D eigenvalue weighted by molar-refractivity contribution is 5.76. The van der Waals surface area contributed by atoms with Crippen LogP contribution in [0.3, 0.4) is 0 Å². The van der Waals surface area contributed by atoms with E-state index in [2.05, 4.69) is 10.2 Å². The summed E-state index contributed by atoms with van der Waals surface area (Å²) in [6.45, 7) is 6.02. The Morgan fingerprint density at radius 1 is 1.22 bits per heavy atom. The predicted octanol–water partition coefficient (Wildman–Crippen LogP) is 0.394. The minimum absolute atomic E-state index is 0.121. The summed E-state index contributed by atoms with van der Waals surface area (Å²) in [6, 6.07) is 0. The van der Waals surface area contributed by atoms with Gasteiger partial charge in [0.2, 0.25) is 5.91 Å². The first-order valence-corrected chi connectivity index (χ1v) is 7.03. The van der Waals surface area contributed by atoms with E-state index in [0.29, 0.717) is 6.42 Å². The SMILES string of the molecule is O=C(CC1CCCCO1)NCCN1CCOCC1. The number of hydrogen-bond donors (Lipinski definition) is 1. The molecule has 0 saturated carbocycles. The van der Waals surface area contributed by atoms with Crippen molar-refractivity contribution in [2.75, 3.05) is 46.0 Å². The Labute approximate surface area is 109 Å². The van der Waals surface area contributed by atoms with Gasteiger partial charge in [-0.15, -0.1) is 0 Å². The topological polar surface area (TPSA) is 50.8 Å².